The molecule has 0 aromatic heterocycles. The summed E-state index contributed by atoms with van der Waals surface area (Å²) in [4.78, 5) is 60.5. The molecule has 1 aliphatic heterocycles. The van der Waals surface area contributed by atoms with Crippen molar-refractivity contribution in [3.8, 4) is 0 Å². The Hall–Kier alpha value is -3.69. The number of carbonyl (C=O) groups excluding carboxylic acids is 5. The normalized spacial score (nSPS) is 18.0. The van der Waals surface area contributed by atoms with Crippen molar-refractivity contribution >= 4 is 29.6 Å². The van der Waals surface area contributed by atoms with Crippen molar-refractivity contribution in [1.29, 1.82) is 0 Å². The summed E-state index contributed by atoms with van der Waals surface area (Å²) in [7, 11) is 0. The molecule has 2 aliphatic rings. The van der Waals surface area contributed by atoms with Gasteiger partial charge in [0.25, 0.3) is 0 Å². The van der Waals surface area contributed by atoms with Gasteiger partial charge >= 0.3 is 5.97 Å². The fraction of sp³-hybridized carbons (Fsp3) is 0.536. The highest BCUT2D eigenvalue weighted by Crippen LogP contribution is 2.29. The maximum atomic E-state index is 12.5. The molecule has 3 rings (SSSR count). The predicted molar refractivity (Wildman–Crippen MR) is 142 cm³/mol. The van der Waals surface area contributed by atoms with Crippen molar-refractivity contribution in [3.05, 3.63) is 48.6 Å². The molecule has 2 fully saturated rings. The molecule has 1 saturated heterocycles. The Morgan fingerprint density at radius 2 is 1.66 bits per heavy atom. The van der Waals surface area contributed by atoms with Gasteiger partial charge in [0.1, 0.15) is 6.04 Å². The van der Waals surface area contributed by atoms with E-state index in [4.69, 9.17) is 4.74 Å². The SMILES string of the molecule is CCOC(=O)/C=C/C(CC1CCNC1=O)NC(=O)CNC(=O)C(NC(=O)C1CC1)C(C)C.c1ccccc1. The van der Waals surface area contributed by atoms with Crippen LogP contribution in [0.5, 0.6) is 0 Å². The van der Waals surface area contributed by atoms with Gasteiger partial charge in [-0.2, -0.15) is 0 Å². The first-order chi connectivity index (χ1) is 18.2. The molecule has 1 aromatic carbocycles. The number of ether oxygens (including phenoxy) is 1. The molecular weight excluding hydrogens is 488 g/mol. The van der Waals surface area contributed by atoms with Gasteiger partial charge in [-0.05, 0) is 38.5 Å². The van der Waals surface area contributed by atoms with E-state index in [0.29, 0.717) is 19.4 Å². The van der Waals surface area contributed by atoms with Gasteiger partial charge in [-0.3, -0.25) is 19.2 Å². The first-order valence-corrected chi connectivity index (χ1v) is 13.2. The number of nitrogens with one attached hydrogen (secondary N) is 4. The molecule has 4 amide bonds. The zero-order valence-electron chi connectivity index (χ0n) is 22.4. The fourth-order valence-corrected chi connectivity index (χ4v) is 3.82. The smallest absolute Gasteiger partial charge is 0.330 e. The summed E-state index contributed by atoms with van der Waals surface area (Å²) < 4.78 is 4.86. The lowest BCUT2D eigenvalue weighted by molar-refractivity contribution is -0.137. The summed E-state index contributed by atoms with van der Waals surface area (Å²) in [5, 5.41) is 10.8. The van der Waals surface area contributed by atoms with E-state index in [1.165, 1.54) is 12.2 Å². The second-order valence-electron chi connectivity index (χ2n) is 9.67. The molecule has 0 bridgehead atoms. The van der Waals surface area contributed by atoms with Gasteiger partial charge in [0.2, 0.25) is 23.6 Å². The average molecular weight is 529 g/mol. The number of esters is 1. The Morgan fingerprint density at radius 3 is 2.16 bits per heavy atom. The molecule has 1 aromatic rings. The van der Waals surface area contributed by atoms with Crippen molar-refractivity contribution in [2.24, 2.45) is 17.8 Å². The average Bonchev–Trinajstić information content (AvgIpc) is 3.68. The number of rotatable bonds is 12. The number of amides is 4. The highest BCUT2D eigenvalue weighted by Gasteiger charge is 2.34. The number of benzene rings is 1. The lowest BCUT2D eigenvalue weighted by Gasteiger charge is -2.22. The van der Waals surface area contributed by atoms with Crippen LogP contribution in [0.4, 0.5) is 0 Å². The lowest BCUT2D eigenvalue weighted by Crippen LogP contribution is -2.52. The quantitative estimate of drug-likeness (QED) is 0.239. The Labute approximate surface area is 224 Å². The standard InChI is InChI=1S/C22H34N4O6.C6H6/c1-4-32-18(28)8-7-16(11-15-9-10-23-20(15)29)25-17(27)12-24-22(31)19(13(2)3)26-21(30)14-5-6-14;1-2-4-6-5-3-1/h7-8,13-16,19H,4-6,9-12H2,1-3H3,(H,23,29)(H,24,31)(H,25,27)(H,26,30);1-6H/b8-7+;. The van der Waals surface area contributed by atoms with Crippen molar-refractivity contribution < 1.29 is 28.7 Å². The molecule has 1 aliphatic carbocycles. The van der Waals surface area contributed by atoms with E-state index < -0.39 is 29.9 Å². The van der Waals surface area contributed by atoms with Crippen molar-refractivity contribution in [2.45, 2.75) is 58.5 Å². The molecule has 1 heterocycles. The van der Waals surface area contributed by atoms with E-state index in [-0.39, 0.29) is 42.7 Å². The van der Waals surface area contributed by atoms with Crippen molar-refractivity contribution in [2.75, 3.05) is 19.7 Å². The van der Waals surface area contributed by atoms with Crippen LogP contribution in [0.1, 0.15) is 46.5 Å². The zero-order valence-corrected chi connectivity index (χ0v) is 22.4. The van der Waals surface area contributed by atoms with Crippen LogP contribution in [0.2, 0.25) is 0 Å². The van der Waals surface area contributed by atoms with Crippen LogP contribution in [0.15, 0.2) is 48.6 Å². The van der Waals surface area contributed by atoms with Gasteiger partial charge in [-0.25, -0.2) is 4.79 Å². The van der Waals surface area contributed by atoms with Crippen molar-refractivity contribution in [3.63, 3.8) is 0 Å². The molecule has 0 radical (unpaired) electrons. The monoisotopic (exact) mass is 528 g/mol. The third-order valence-electron chi connectivity index (χ3n) is 6.08. The Bertz CT molecular complexity index is 935. The molecule has 38 heavy (non-hydrogen) atoms. The Balaban J connectivity index is 0.000000739. The van der Waals surface area contributed by atoms with E-state index in [0.717, 1.165) is 12.8 Å². The third-order valence-corrected chi connectivity index (χ3v) is 6.08. The topological polar surface area (TPSA) is 143 Å². The molecule has 3 unspecified atom stereocenters. The van der Waals surface area contributed by atoms with Gasteiger partial charge in [-0.15, -0.1) is 0 Å². The van der Waals surface area contributed by atoms with Crippen LogP contribution in [0.25, 0.3) is 0 Å². The molecule has 3 atom stereocenters. The third kappa shape index (κ3) is 11.6. The van der Waals surface area contributed by atoms with Crippen LogP contribution in [-0.2, 0) is 28.7 Å². The Morgan fingerprint density at radius 1 is 1.03 bits per heavy atom. The van der Waals surface area contributed by atoms with Gasteiger partial charge in [0.15, 0.2) is 0 Å². The van der Waals surface area contributed by atoms with Crippen LogP contribution < -0.4 is 21.3 Å². The summed E-state index contributed by atoms with van der Waals surface area (Å²) in [6, 6.07) is 10.7. The molecule has 1 saturated carbocycles. The number of hydrogen-bond acceptors (Lipinski definition) is 6. The number of hydrogen-bond donors (Lipinski definition) is 4. The highest BCUT2D eigenvalue weighted by atomic mass is 16.5. The minimum atomic E-state index is -0.724. The molecule has 10 nitrogen and oxygen atoms in total. The predicted octanol–water partition coefficient (Wildman–Crippen LogP) is 1.47. The fourth-order valence-electron chi connectivity index (χ4n) is 3.82. The van der Waals surface area contributed by atoms with Crippen LogP contribution in [-0.4, -0.2) is 61.4 Å². The lowest BCUT2D eigenvalue weighted by atomic mass is 9.98. The van der Waals surface area contributed by atoms with Gasteiger partial charge in [0.05, 0.1) is 13.2 Å². The second kappa shape index (κ2) is 16.2. The summed E-state index contributed by atoms with van der Waals surface area (Å²) in [5.74, 6) is -2.10. The first kappa shape index (κ1) is 30.5. The molecule has 4 N–H and O–H groups in total. The molecule has 0 spiro atoms. The zero-order chi connectivity index (χ0) is 27.9. The Kier molecular flexibility index (Phi) is 13.0. The number of carbonyl (C=O) groups is 5. The summed E-state index contributed by atoms with van der Waals surface area (Å²) in [5.41, 5.74) is 0. The van der Waals surface area contributed by atoms with E-state index in [9.17, 15) is 24.0 Å². The molecule has 10 heteroatoms. The van der Waals surface area contributed by atoms with Gasteiger partial charge in [0, 0.05) is 30.5 Å². The minimum absolute atomic E-state index is 0.0212. The van der Waals surface area contributed by atoms with Crippen LogP contribution >= 0.6 is 0 Å². The highest BCUT2D eigenvalue weighted by molar-refractivity contribution is 5.92. The molecule has 208 valence electrons. The van der Waals surface area contributed by atoms with E-state index in [1.807, 2.05) is 50.2 Å². The summed E-state index contributed by atoms with van der Waals surface area (Å²) >= 11 is 0. The van der Waals surface area contributed by atoms with Gasteiger partial charge < -0.3 is 26.0 Å². The maximum Gasteiger partial charge on any atom is 0.330 e. The summed E-state index contributed by atoms with van der Waals surface area (Å²) in [6.07, 6.45) is 5.36. The van der Waals surface area contributed by atoms with Gasteiger partial charge in [-0.1, -0.05) is 56.3 Å². The van der Waals surface area contributed by atoms with Crippen molar-refractivity contribution in [1.82, 2.24) is 21.3 Å². The maximum absolute atomic E-state index is 12.5. The van der Waals surface area contributed by atoms with Crippen LogP contribution in [0.3, 0.4) is 0 Å². The van der Waals surface area contributed by atoms with E-state index in [2.05, 4.69) is 21.3 Å². The summed E-state index contributed by atoms with van der Waals surface area (Å²) in [6.45, 7) is 5.84. The first-order valence-electron chi connectivity index (χ1n) is 13.2. The van der Waals surface area contributed by atoms with E-state index >= 15 is 0 Å². The largest absolute Gasteiger partial charge is 0.463 e. The van der Waals surface area contributed by atoms with Crippen LogP contribution in [0, 0.1) is 17.8 Å². The molecular formula is C28H40N4O6. The second-order valence-corrected chi connectivity index (χ2v) is 9.67. The van der Waals surface area contributed by atoms with E-state index in [1.54, 1.807) is 6.92 Å². The minimum Gasteiger partial charge on any atom is -0.463 e.